The summed E-state index contributed by atoms with van der Waals surface area (Å²) < 4.78 is 0. The molecule has 4 aliphatic rings. The number of fused-ring (bicyclic) bond motifs is 5. The second kappa shape index (κ2) is 8.11. The van der Waals surface area contributed by atoms with Crippen molar-refractivity contribution in [1.82, 2.24) is 0 Å². The number of carboxylic acid groups (broad SMARTS) is 1. The molecule has 0 aromatic heterocycles. The highest BCUT2D eigenvalue weighted by Crippen LogP contribution is 2.66. The van der Waals surface area contributed by atoms with E-state index in [1.807, 2.05) is 12.2 Å². The summed E-state index contributed by atoms with van der Waals surface area (Å²) in [6.45, 7) is 9.13. The number of allylic oxidation sites excluding steroid dienone is 2. The van der Waals surface area contributed by atoms with Crippen LogP contribution in [0.25, 0.3) is 0 Å². The number of rotatable bonds is 5. The highest BCUT2D eigenvalue weighted by Gasteiger charge is 2.59. The Labute approximate surface area is 183 Å². The minimum absolute atomic E-state index is 0.117. The molecule has 0 aromatic carbocycles. The molecule has 0 spiro atoms. The molecule has 0 heterocycles. The van der Waals surface area contributed by atoms with Gasteiger partial charge in [0, 0.05) is 5.92 Å². The molecule has 0 saturated heterocycles. The van der Waals surface area contributed by atoms with E-state index in [1.54, 1.807) is 0 Å². The summed E-state index contributed by atoms with van der Waals surface area (Å²) >= 11 is 0. The Morgan fingerprint density at radius 2 is 1.90 bits per heavy atom. The molecule has 4 rings (SSSR count). The van der Waals surface area contributed by atoms with Gasteiger partial charge < -0.3 is 15.0 Å². The van der Waals surface area contributed by atoms with E-state index in [2.05, 4.69) is 33.8 Å². The first-order valence-corrected chi connectivity index (χ1v) is 12.4. The van der Waals surface area contributed by atoms with Crippen molar-refractivity contribution in [2.75, 3.05) is 0 Å². The number of carboxylic acids is 1. The van der Waals surface area contributed by atoms with E-state index in [9.17, 15) is 15.0 Å². The SMILES string of the molecule is CC(C)C/C=C\[C@@H](C(=O)[O-])C1=CC[C@@]2(C)[C@@H](CC[C@@H]3[C@H]4CC[C@H](O)[C@@]4(C)CC[C@@H]32)C1. The Morgan fingerprint density at radius 1 is 1.17 bits per heavy atom. The maximum atomic E-state index is 11.9. The summed E-state index contributed by atoms with van der Waals surface area (Å²) in [4.78, 5) is 11.9. The van der Waals surface area contributed by atoms with Gasteiger partial charge in [-0.25, -0.2) is 0 Å². The van der Waals surface area contributed by atoms with Crippen LogP contribution in [-0.2, 0) is 4.79 Å². The third-order valence-corrected chi connectivity index (χ3v) is 9.89. The molecule has 3 fully saturated rings. The van der Waals surface area contributed by atoms with E-state index >= 15 is 0 Å². The third-order valence-electron chi connectivity index (χ3n) is 9.89. The second-order valence-corrected chi connectivity index (χ2v) is 11.8. The molecule has 168 valence electrons. The number of carbonyl (C=O) groups is 1. The van der Waals surface area contributed by atoms with E-state index in [0.717, 1.165) is 49.5 Å². The summed E-state index contributed by atoms with van der Waals surface area (Å²) in [5.41, 5.74) is 1.48. The van der Waals surface area contributed by atoms with Gasteiger partial charge >= 0.3 is 0 Å². The standard InChI is InChI=1S/C27H42O3/c1-17(2)6-5-7-20(25(29)30)18-12-14-26(3)19(16-18)8-9-21-22-10-11-24(28)27(22,4)15-13-23(21)26/h5,7,12,17,19-24,28H,6,8-11,13-16H2,1-4H3,(H,29,30)/p-1/b7-5-/t19-,20+,21+,22+,23-,24-,26-,27-/m0/s1. The molecule has 0 bridgehead atoms. The summed E-state index contributed by atoms with van der Waals surface area (Å²) in [5.74, 6) is 1.72. The average molecular weight is 414 g/mol. The molecule has 8 atom stereocenters. The van der Waals surface area contributed by atoms with Crippen LogP contribution in [0.3, 0.4) is 0 Å². The van der Waals surface area contributed by atoms with Crippen LogP contribution in [-0.4, -0.2) is 17.2 Å². The lowest BCUT2D eigenvalue weighted by Crippen LogP contribution is -2.53. The molecule has 0 aliphatic heterocycles. The summed E-state index contributed by atoms with van der Waals surface area (Å²) in [6.07, 6.45) is 15.9. The summed E-state index contributed by atoms with van der Waals surface area (Å²) in [6, 6.07) is 0. The van der Waals surface area contributed by atoms with Crippen LogP contribution in [0.1, 0.15) is 85.5 Å². The topological polar surface area (TPSA) is 60.4 Å². The van der Waals surface area contributed by atoms with Crippen LogP contribution >= 0.6 is 0 Å². The fourth-order valence-electron chi connectivity index (χ4n) is 7.97. The van der Waals surface area contributed by atoms with Gasteiger partial charge in [-0.2, -0.15) is 0 Å². The molecule has 3 saturated carbocycles. The molecule has 4 aliphatic carbocycles. The quantitative estimate of drug-likeness (QED) is 0.653. The van der Waals surface area contributed by atoms with E-state index in [1.165, 1.54) is 25.7 Å². The van der Waals surface area contributed by atoms with Gasteiger partial charge in [-0.05, 0) is 98.2 Å². The van der Waals surface area contributed by atoms with Gasteiger partial charge in [-0.3, -0.25) is 0 Å². The summed E-state index contributed by atoms with van der Waals surface area (Å²) in [7, 11) is 0. The van der Waals surface area contributed by atoms with Crippen LogP contribution in [0, 0.1) is 46.3 Å². The average Bonchev–Trinajstić information content (AvgIpc) is 2.99. The van der Waals surface area contributed by atoms with Crippen molar-refractivity contribution in [3.05, 3.63) is 23.8 Å². The van der Waals surface area contributed by atoms with Crippen LogP contribution in [0.5, 0.6) is 0 Å². The fraction of sp³-hybridized carbons (Fsp3) is 0.815. The first-order valence-electron chi connectivity index (χ1n) is 12.4. The number of carbonyl (C=O) groups excluding carboxylic acids is 1. The van der Waals surface area contributed by atoms with E-state index < -0.39 is 11.9 Å². The molecule has 0 radical (unpaired) electrons. The lowest BCUT2D eigenvalue weighted by molar-refractivity contribution is -0.308. The predicted octanol–water partition coefficient (Wildman–Crippen LogP) is 4.89. The molecule has 30 heavy (non-hydrogen) atoms. The second-order valence-electron chi connectivity index (χ2n) is 11.8. The van der Waals surface area contributed by atoms with Crippen molar-refractivity contribution < 1.29 is 15.0 Å². The Kier molecular flexibility index (Phi) is 5.98. The fourth-order valence-corrected chi connectivity index (χ4v) is 7.97. The highest BCUT2D eigenvalue weighted by molar-refractivity contribution is 5.74. The molecular formula is C27H41O3-. The number of aliphatic carboxylic acids is 1. The van der Waals surface area contributed by atoms with E-state index in [4.69, 9.17) is 0 Å². The van der Waals surface area contributed by atoms with Crippen molar-refractivity contribution in [1.29, 1.82) is 0 Å². The smallest absolute Gasteiger partial charge is 0.0596 e. The Bertz CT molecular complexity index is 722. The van der Waals surface area contributed by atoms with Crippen LogP contribution in [0.2, 0.25) is 0 Å². The minimum atomic E-state index is -0.952. The minimum Gasteiger partial charge on any atom is -0.549 e. The van der Waals surface area contributed by atoms with Crippen LogP contribution in [0.15, 0.2) is 23.8 Å². The lowest BCUT2D eigenvalue weighted by atomic mass is 9.45. The maximum absolute atomic E-state index is 11.9. The molecular weight excluding hydrogens is 372 g/mol. The monoisotopic (exact) mass is 413 g/mol. The van der Waals surface area contributed by atoms with Gasteiger partial charge in [-0.15, -0.1) is 0 Å². The van der Waals surface area contributed by atoms with Gasteiger partial charge in [0.05, 0.1) is 12.1 Å². The van der Waals surface area contributed by atoms with Crippen LogP contribution < -0.4 is 5.11 Å². The zero-order chi connectivity index (χ0) is 21.7. The van der Waals surface area contributed by atoms with Crippen molar-refractivity contribution >= 4 is 5.97 Å². The van der Waals surface area contributed by atoms with Crippen molar-refractivity contribution in [3.8, 4) is 0 Å². The highest BCUT2D eigenvalue weighted by atomic mass is 16.4. The third kappa shape index (κ3) is 3.59. The van der Waals surface area contributed by atoms with Crippen molar-refractivity contribution in [3.63, 3.8) is 0 Å². The predicted molar refractivity (Wildman–Crippen MR) is 118 cm³/mol. The number of aliphatic hydroxyl groups is 1. The largest absolute Gasteiger partial charge is 0.549 e. The molecule has 1 N–H and O–H groups in total. The summed E-state index contributed by atoms with van der Waals surface area (Å²) in [5, 5.41) is 22.6. The van der Waals surface area contributed by atoms with Gasteiger partial charge in [0.15, 0.2) is 0 Å². The van der Waals surface area contributed by atoms with Crippen molar-refractivity contribution in [2.45, 2.75) is 91.6 Å². The normalized spacial score (nSPS) is 44.3. The zero-order valence-electron chi connectivity index (χ0n) is 19.4. The maximum Gasteiger partial charge on any atom is 0.0596 e. The molecule has 0 unspecified atom stereocenters. The number of hydrogen-bond acceptors (Lipinski definition) is 3. The first kappa shape index (κ1) is 22.1. The Hall–Kier alpha value is -1.09. The molecule has 3 heteroatoms. The molecule has 3 nitrogen and oxygen atoms in total. The van der Waals surface area contributed by atoms with Gasteiger partial charge in [0.1, 0.15) is 0 Å². The number of aliphatic hydroxyl groups excluding tert-OH is 1. The first-order chi connectivity index (χ1) is 14.2. The lowest BCUT2D eigenvalue weighted by Gasteiger charge is -2.60. The van der Waals surface area contributed by atoms with Gasteiger partial charge in [0.25, 0.3) is 0 Å². The number of hydrogen-bond donors (Lipinski definition) is 1. The zero-order valence-corrected chi connectivity index (χ0v) is 19.4. The van der Waals surface area contributed by atoms with Gasteiger partial charge in [-0.1, -0.05) is 51.5 Å². The van der Waals surface area contributed by atoms with E-state index in [0.29, 0.717) is 17.8 Å². The van der Waals surface area contributed by atoms with Crippen molar-refractivity contribution in [2.24, 2.45) is 46.3 Å². The van der Waals surface area contributed by atoms with Crippen LogP contribution in [0.4, 0.5) is 0 Å². The Balaban J connectivity index is 1.54. The van der Waals surface area contributed by atoms with Gasteiger partial charge in [0.2, 0.25) is 0 Å². The molecule has 0 aromatic rings. The molecule has 0 amide bonds. The van der Waals surface area contributed by atoms with E-state index in [-0.39, 0.29) is 16.9 Å². The Morgan fingerprint density at radius 3 is 2.60 bits per heavy atom.